The Balaban J connectivity index is 1.68. The number of nitrogens with zero attached hydrogens (tertiary/aromatic N) is 1. The molecule has 0 spiro atoms. The summed E-state index contributed by atoms with van der Waals surface area (Å²) >= 11 is 0. The lowest BCUT2D eigenvalue weighted by Gasteiger charge is -2.58. The quantitative estimate of drug-likeness (QED) is 0.764. The largest absolute Gasteiger partial charge is 0.298 e. The lowest BCUT2D eigenvalue weighted by molar-refractivity contribution is -0.166. The molecule has 3 heteroatoms. The molecular formula is C26H25NO2. The number of Topliss-reactive ketones (excluding diaryl/α,β-unsaturated/α-hetero) is 2. The summed E-state index contributed by atoms with van der Waals surface area (Å²) in [7, 11) is 0. The minimum Gasteiger partial charge on any atom is -0.298 e. The van der Waals surface area contributed by atoms with Gasteiger partial charge >= 0.3 is 0 Å². The number of benzene rings is 2. The molecule has 3 fully saturated rings. The molecule has 0 heterocycles. The van der Waals surface area contributed by atoms with Crippen LogP contribution in [0.4, 0.5) is 0 Å². The zero-order valence-corrected chi connectivity index (χ0v) is 17.1. The van der Waals surface area contributed by atoms with Crippen LogP contribution in [0, 0.1) is 45.8 Å². The highest BCUT2D eigenvalue weighted by atomic mass is 16.1. The molecule has 5 rings (SSSR count). The number of rotatable bonds is 2. The van der Waals surface area contributed by atoms with Crippen molar-refractivity contribution in [1.29, 1.82) is 5.26 Å². The van der Waals surface area contributed by atoms with Crippen LogP contribution in [0.25, 0.3) is 0 Å². The summed E-state index contributed by atoms with van der Waals surface area (Å²) in [5, 5.41) is 10.1. The smallest absolute Gasteiger partial charge is 0.157 e. The van der Waals surface area contributed by atoms with Gasteiger partial charge in [-0.25, -0.2) is 0 Å². The van der Waals surface area contributed by atoms with Gasteiger partial charge in [-0.2, -0.15) is 5.26 Å². The van der Waals surface area contributed by atoms with E-state index < -0.39 is 16.2 Å². The maximum atomic E-state index is 13.7. The second-order valence-corrected chi connectivity index (χ2v) is 9.94. The van der Waals surface area contributed by atoms with Crippen LogP contribution >= 0.6 is 0 Å². The van der Waals surface area contributed by atoms with Crippen LogP contribution in [-0.4, -0.2) is 11.6 Å². The van der Waals surface area contributed by atoms with Crippen molar-refractivity contribution in [3.8, 4) is 6.07 Å². The number of hydrogen-bond acceptors (Lipinski definition) is 3. The van der Waals surface area contributed by atoms with Gasteiger partial charge in [-0.15, -0.1) is 0 Å². The van der Waals surface area contributed by atoms with Gasteiger partial charge in [0, 0.05) is 11.8 Å². The topological polar surface area (TPSA) is 57.9 Å². The van der Waals surface area contributed by atoms with Crippen molar-refractivity contribution < 1.29 is 9.59 Å². The molecule has 29 heavy (non-hydrogen) atoms. The number of carbonyl (C=O) groups is 2. The summed E-state index contributed by atoms with van der Waals surface area (Å²) in [6, 6.07) is 22.2. The van der Waals surface area contributed by atoms with Crippen LogP contribution < -0.4 is 0 Å². The molecule has 3 aliphatic carbocycles. The van der Waals surface area contributed by atoms with Crippen LogP contribution in [0.2, 0.25) is 0 Å². The molecule has 0 aromatic heterocycles. The van der Waals surface area contributed by atoms with Gasteiger partial charge in [0.15, 0.2) is 11.6 Å². The van der Waals surface area contributed by atoms with E-state index in [1.54, 1.807) is 0 Å². The highest BCUT2D eigenvalue weighted by Gasteiger charge is 2.81. The van der Waals surface area contributed by atoms with E-state index in [-0.39, 0.29) is 35.2 Å². The minimum absolute atomic E-state index is 0.0340. The summed E-state index contributed by atoms with van der Waals surface area (Å²) in [6.07, 6.45) is 0.659. The van der Waals surface area contributed by atoms with Crippen molar-refractivity contribution in [3.63, 3.8) is 0 Å². The Labute approximate surface area is 171 Å². The van der Waals surface area contributed by atoms with Gasteiger partial charge in [0.25, 0.3) is 0 Å². The second-order valence-electron chi connectivity index (χ2n) is 9.94. The van der Waals surface area contributed by atoms with Gasteiger partial charge in [0.2, 0.25) is 0 Å². The molecule has 0 saturated heterocycles. The van der Waals surface area contributed by atoms with E-state index >= 15 is 0 Å². The maximum Gasteiger partial charge on any atom is 0.157 e. The standard InChI is InChI=1S/C26H25NO2/c1-24(2,3)25(15-27)19-14-18-21(20(19)23(25)29)26(22(18)28,16-10-6-4-7-11-16)17-12-8-5-9-13-17/h4-13,18-21H,14H2,1-3H3. The Morgan fingerprint density at radius 1 is 0.897 bits per heavy atom. The van der Waals surface area contributed by atoms with Crippen LogP contribution in [0.1, 0.15) is 38.3 Å². The van der Waals surface area contributed by atoms with Crippen molar-refractivity contribution >= 4 is 11.6 Å². The summed E-state index contributed by atoms with van der Waals surface area (Å²) in [5.74, 6) is -0.171. The van der Waals surface area contributed by atoms with Gasteiger partial charge in [-0.1, -0.05) is 81.4 Å². The van der Waals surface area contributed by atoms with Crippen molar-refractivity contribution in [2.75, 3.05) is 0 Å². The average molecular weight is 383 g/mol. The van der Waals surface area contributed by atoms with Gasteiger partial charge < -0.3 is 0 Å². The molecule has 0 bridgehead atoms. The van der Waals surface area contributed by atoms with Crippen molar-refractivity contribution in [3.05, 3.63) is 71.8 Å². The summed E-state index contributed by atoms with van der Waals surface area (Å²) in [5.41, 5.74) is -0.252. The van der Waals surface area contributed by atoms with E-state index in [9.17, 15) is 14.9 Å². The fourth-order valence-corrected chi connectivity index (χ4v) is 6.88. The van der Waals surface area contributed by atoms with Gasteiger partial charge in [-0.05, 0) is 34.8 Å². The van der Waals surface area contributed by atoms with Crippen LogP contribution in [-0.2, 0) is 15.0 Å². The van der Waals surface area contributed by atoms with E-state index in [1.165, 1.54) is 0 Å². The number of carbonyl (C=O) groups excluding carboxylic acids is 2. The monoisotopic (exact) mass is 383 g/mol. The summed E-state index contributed by atoms with van der Waals surface area (Å²) in [6.45, 7) is 5.94. The van der Waals surface area contributed by atoms with Crippen molar-refractivity contribution in [2.24, 2.45) is 34.5 Å². The molecule has 2 aromatic rings. The van der Waals surface area contributed by atoms with Crippen LogP contribution in [0.3, 0.4) is 0 Å². The highest BCUT2D eigenvalue weighted by molar-refractivity contribution is 6.08. The Morgan fingerprint density at radius 3 is 1.86 bits per heavy atom. The number of hydrogen-bond donors (Lipinski definition) is 0. The summed E-state index contributed by atoms with van der Waals surface area (Å²) in [4.78, 5) is 27.3. The molecule has 3 nitrogen and oxygen atoms in total. The third-order valence-electron chi connectivity index (χ3n) is 8.05. The predicted octanol–water partition coefficient (Wildman–Crippen LogP) is 4.56. The fraction of sp³-hybridized carbons (Fsp3) is 0.423. The first kappa shape index (κ1) is 18.3. The lowest BCUT2D eigenvalue weighted by Crippen LogP contribution is -2.67. The van der Waals surface area contributed by atoms with Crippen LogP contribution in [0.5, 0.6) is 0 Å². The molecule has 5 atom stereocenters. The van der Waals surface area contributed by atoms with E-state index in [0.29, 0.717) is 6.42 Å². The van der Waals surface area contributed by atoms with E-state index in [1.807, 2.05) is 81.4 Å². The number of ketones is 2. The molecule has 5 unspecified atom stereocenters. The minimum atomic E-state index is -0.978. The molecule has 0 aliphatic heterocycles. The first-order valence-corrected chi connectivity index (χ1v) is 10.4. The second kappa shape index (κ2) is 5.66. The first-order chi connectivity index (χ1) is 13.8. The number of fused-ring (bicyclic) bond motifs is 3. The lowest BCUT2D eigenvalue weighted by atomic mass is 9.40. The fourth-order valence-electron chi connectivity index (χ4n) is 6.88. The van der Waals surface area contributed by atoms with E-state index in [0.717, 1.165) is 11.1 Å². The summed E-state index contributed by atoms with van der Waals surface area (Å²) < 4.78 is 0. The third-order valence-corrected chi connectivity index (χ3v) is 8.05. The van der Waals surface area contributed by atoms with Gasteiger partial charge in [-0.3, -0.25) is 9.59 Å². The zero-order valence-electron chi connectivity index (χ0n) is 17.1. The molecule has 3 saturated carbocycles. The third kappa shape index (κ3) is 1.88. The molecule has 3 aliphatic rings. The SMILES string of the molecule is CC(C)(C)C1(C#N)C(=O)C2C3C(CC21)C(=O)C3(c1ccccc1)c1ccccc1. The van der Waals surface area contributed by atoms with Gasteiger partial charge in [0.05, 0.1) is 11.5 Å². The average Bonchev–Trinajstić information content (AvgIpc) is 3.03. The van der Waals surface area contributed by atoms with Crippen LogP contribution in [0.15, 0.2) is 60.7 Å². The Hall–Kier alpha value is -2.73. The van der Waals surface area contributed by atoms with E-state index in [4.69, 9.17) is 0 Å². The number of nitriles is 1. The molecule has 2 aromatic carbocycles. The molecular weight excluding hydrogens is 358 g/mol. The molecule has 146 valence electrons. The normalized spacial score (nSPS) is 34.4. The molecule has 0 N–H and O–H groups in total. The first-order valence-electron chi connectivity index (χ1n) is 10.4. The Kier molecular flexibility index (Phi) is 3.57. The van der Waals surface area contributed by atoms with E-state index in [2.05, 4.69) is 6.07 Å². The Morgan fingerprint density at radius 2 is 1.41 bits per heavy atom. The zero-order chi connectivity index (χ0) is 20.6. The van der Waals surface area contributed by atoms with Crippen molar-refractivity contribution in [2.45, 2.75) is 32.6 Å². The highest BCUT2D eigenvalue weighted by Crippen LogP contribution is 2.74. The molecule has 0 radical (unpaired) electrons. The van der Waals surface area contributed by atoms with Gasteiger partial charge in [0.1, 0.15) is 5.41 Å². The maximum absolute atomic E-state index is 13.7. The predicted molar refractivity (Wildman–Crippen MR) is 110 cm³/mol. The Bertz CT molecular complexity index is 1000. The molecule has 0 amide bonds. The van der Waals surface area contributed by atoms with Crippen molar-refractivity contribution in [1.82, 2.24) is 0 Å².